The second-order valence-electron chi connectivity index (χ2n) is 10.1. The number of allylic oxidation sites excluding steroid dienone is 2. The smallest absolute Gasteiger partial charge is 0.119 e. The largest absolute Gasteiger partial charge is 0.497 e. The lowest BCUT2D eigenvalue weighted by Crippen LogP contribution is -2.11. The first-order chi connectivity index (χ1) is 18.8. The van der Waals surface area contributed by atoms with Gasteiger partial charge in [0.15, 0.2) is 0 Å². The number of aromatic nitrogens is 1. The van der Waals surface area contributed by atoms with Gasteiger partial charge >= 0.3 is 0 Å². The van der Waals surface area contributed by atoms with E-state index < -0.39 is 0 Å². The first-order valence-electron chi connectivity index (χ1n) is 13.5. The first kappa shape index (κ1) is 24.1. The minimum Gasteiger partial charge on any atom is -0.497 e. The predicted octanol–water partition coefficient (Wildman–Crippen LogP) is 8.38. The molecule has 1 aliphatic rings. The fourth-order valence-electron chi connectivity index (χ4n) is 5.70. The molecule has 0 fully saturated rings. The molecule has 0 aliphatic heterocycles. The van der Waals surface area contributed by atoms with Gasteiger partial charge < -0.3 is 9.30 Å². The Hall–Kier alpha value is -4.30. The zero-order valence-corrected chi connectivity index (χ0v) is 21.9. The number of nitrogens with zero attached hydrogens (tertiary/aromatic N) is 1. The summed E-state index contributed by atoms with van der Waals surface area (Å²) in [6.45, 7) is 0.855. The van der Waals surface area contributed by atoms with Gasteiger partial charge in [-0.15, -0.1) is 0 Å². The average Bonchev–Trinajstić information content (AvgIpc) is 3.30. The number of hydrogen-bond acceptors (Lipinski definition) is 1. The van der Waals surface area contributed by atoms with Crippen molar-refractivity contribution >= 4 is 5.57 Å². The van der Waals surface area contributed by atoms with E-state index in [0.29, 0.717) is 0 Å². The summed E-state index contributed by atoms with van der Waals surface area (Å²) in [5.74, 6) is 0.939. The lowest BCUT2D eigenvalue weighted by molar-refractivity contribution is 0.414. The van der Waals surface area contributed by atoms with E-state index in [1.807, 2.05) is 0 Å². The third-order valence-electron chi connectivity index (χ3n) is 7.61. The van der Waals surface area contributed by atoms with Gasteiger partial charge in [-0.25, -0.2) is 0 Å². The average molecular weight is 496 g/mol. The van der Waals surface area contributed by atoms with Crippen LogP contribution >= 0.6 is 0 Å². The van der Waals surface area contributed by atoms with Crippen molar-refractivity contribution in [1.82, 2.24) is 4.57 Å². The molecule has 6 rings (SSSR count). The van der Waals surface area contributed by atoms with Gasteiger partial charge in [0.1, 0.15) is 5.75 Å². The number of methoxy groups -OCH3 is 1. The van der Waals surface area contributed by atoms with E-state index in [1.165, 1.54) is 50.3 Å². The Morgan fingerprint density at radius 2 is 1.37 bits per heavy atom. The minimum atomic E-state index is 0.855. The van der Waals surface area contributed by atoms with Crippen molar-refractivity contribution < 1.29 is 4.74 Å². The number of ether oxygens (including phenoxy) is 1. The van der Waals surface area contributed by atoms with Gasteiger partial charge in [-0.1, -0.05) is 103 Å². The van der Waals surface area contributed by atoms with Crippen molar-refractivity contribution in [2.24, 2.45) is 0 Å². The molecule has 2 nitrogen and oxygen atoms in total. The minimum absolute atomic E-state index is 0.855. The molecule has 0 bridgehead atoms. The SMILES string of the molecule is COc1ccc2c(c1)CCC=C2Cc1cc(-c2ccccc2)c(Cc2ccccc2)n1Cc1ccccc1. The first-order valence-corrected chi connectivity index (χ1v) is 13.5. The summed E-state index contributed by atoms with van der Waals surface area (Å²) in [4.78, 5) is 0. The highest BCUT2D eigenvalue weighted by Crippen LogP contribution is 2.36. The highest BCUT2D eigenvalue weighted by atomic mass is 16.5. The van der Waals surface area contributed by atoms with E-state index in [1.54, 1.807) is 7.11 Å². The maximum Gasteiger partial charge on any atom is 0.119 e. The van der Waals surface area contributed by atoms with Crippen LogP contribution in [0.25, 0.3) is 16.7 Å². The van der Waals surface area contributed by atoms with E-state index in [2.05, 4.69) is 126 Å². The summed E-state index contributed by atoms with van der Waals surface area (Å²) in [7, 11) is 1.75. The number of rotatable bonds is 8. The number of benzene rings is 4. The predicted molar refractivity (Wildman–Crippen MR) is 158 cm³/mol. The van der Waals surface area contributed by atoms with Crippen LogP contribution in [-0.4, -0.2) is 11.7 Å². The third-order valence-corrected chi connectivity index (χ3v) is 7.61. The Labute approximate surface area is 225 Å². The Morgan fingerprint density at radius 1 is 0.684 bits per heavy atom. The molecule has 0 unspecified atom stereocenters. The molecule has 0 amide bonds. The molecule has 4 aromatic carbocycles. The van der Waals surface area contributed by atoms with Crippen molar-refractivity contribution in [3.63, 3.8) is 0 Å². The fraction of sp³-hybridized carbons (Fsp3) is 0.167. The molecular formula is C36H33NO. The van der Waals surface area contributed by atoms with Gasteiger partial charge in [-0.2, -0.15) is 0 Å². The lowest BCUT2D eigenvalue weighted by Gasteiger charge is -2.20. The standard InChI is InChI=1S/C36H33NO/c1-38-33-20-21-34-30(18-11-19-31(34)24-33)23-32-25-35(29-16-9-4-10-17-29)36(22-27-12-5-2-6-13-27)37(32)26-28-14-7-3-8-15-28/h2-10,12-18,20-21,24-25H,11,19,22-23,26H2,1H3. The van der Waals surface area contributed by atoms with Crippen molar-refractivity contribution in [3.8, 4) is 16.9 Å². The van der Waals surface area contributed by atoms with E-state index in [0.717, 1.165) is 38.0 Å². The quantitative estimate of drug-likeness (QED) is 0.211. The van der Waals surface area contributed by atoms with Gasteiger partial charge in [0, 0.05) is 36.3 Å². The summed E-state index contributed by atoms with van der Waals surface area (Å²) in [6, 6.07) is 41.5. The molecule has 1 aromatic heterocycles. The summed E-state index contributed by atoms with van der Waals surface area (Å²) in [6.07, 6.45) is 6.37. The Bertz CT molecular complexity index is 1550. The van der Waals surface area contributed by atoms with Crippen LogP contribution < -0.4 is 4.74 Å². The third kappa shape index (κ3) is 5.08. The maximum absolute atomic E-state index is 5.52. The van der Waals surface area contributed by atoms with Crippen LogP contribution in [0.4, 0.5) is 0 Å². The van der Waals surface area contributed by atoms with Crippen LogP contribution in [0.1, 0.15) is 40.1 Å². The molecule has 1 heterocycles. The van der Waals surface area contributed by atoms with E-state index in [-0.39, 0.29) is 0 Å². The molecule has 38 heavy (non-hydrogen) atoms. The molecule has 2 heteroatoms. The van der Waals surface area contributed by atoms with E-state index >= 15 is 0 Å². The second kappa shape index (κ2) is 11.0. The highest BCUT2D eigenvalue weighted by Gasteiger charge is 2.21. The van der Waals surface area contributed by atoms with Crippen molar-refractivity contribution in [1.29, 1.82) is 0 Å². The molecule has 188 valence electrons. The van der Waals surface area contributed by atoms with Crippen molar-refractivity contribution in [3.05, 3.63) is 155 Å². The van der Waals surface area contributed by atoms with Gasteiger partial charge in [0.05, 0.1) is 7.11 Å². The summed E-state index contributed by atoms with van der Waals surface area (Å²) >= 11 is 0. The van der Waals surface area contributed by atoms with Crippen LogP contribution in [-0.2, 0) is 25.8 Å². The monoisotopic (exact) mass is 495 g/mol. The normalized spacial score (nSPS) is 12.6. The van der Waals surface area contributed by atoms with Gasteiger partial charge in [-0.05, 0) is 64.4 Å². The van der Waals surface area contributed by atoms with Crippen LogP contribution in [0.15, 0.2) is 121 Å². The van der Waals surface area contributed by atoms with E-state index in [4.69, 9.17) is 4.74 Å². The number of aryl methyl sites for hydroxylation is 1. The molecule has 0 atom stereocenters. The zero-order chi connectivity index (χ0) is 25.7. The lowest BCUT2D eigenvalue weighted by atomic mass is 9.88. The number of fused-ring (bicyclic) bond motifs is 1. The van der Waals surface area contributed by atoms with Gasteiger partial charge in [0.2, 0.25) is 0 Å². The molecule has 0 N–H and O–H groups in total. The molecular weight excluding hydrogens is 462 g/mol. The Balaban J connectivity index is 1.48. The number of hydrogen-bond donors (Lipinski definition) is 0. The van der Waals surface area contributed by atoms with Crippen LogP contribution in [0, 0.1) is 0 Å². The molecule has 0 saturated carbocycles. The van der Waals surface area contributed by atoms with Crippen LogP contribution in [0.2, 0.25) is 0 Å². The second-order valence-corrected chi connectivity index (χ2v) is 10.1. The summed E-state index contributed by atoms with van der Waals surface area (Å²) in [5, 5.41) is 0. The maximum atomic E-state index is 5.52. The Morgan fingerprint density at radius 3 is 2.08 bits per heavy atom. The Kier molecular flexibility index (Phi) is 6.95. The topological polar surface area (TPSA) is 14.2 Å². The molecule has 5 aromatic rings. The highest BCUT2D eigenvalue weighted by molar-refractivity contribution is 5.74. The fourth-order valence-corrected chi connectivity index (χ4v) is 5.70. The molecule has 0 radical (unpaired) electrons. The van der Waals surface area contributed by atoms with Gasteiger partial charge in [0.25, 0.3) is 0 Å². The summed E-state index contributed by atoms with van der Waals surface area (Å²) < 4.78 is 8.09. The zero-order valence-electron chi connectivity index (χ0n) is 21.9. The van der Waals surface area contributed by atoms with Crippen LogP contribution in [0.3, 0.4) is 0 Å². The molecule has 0 saturated heterocycles. The molecule has 1 aliphatic carbocycles. The van der Waals surface area contributed by atoms with Crippen molar-refractivity contribution in [2.45, 2.75) is 32.2 Å². The van der Waals surface area contributed by atoms with Crippen molar-refractivity contribution in [2.75, 3.05) is 7.11 Å². The summed E-state index contributed by atoms with van der Waals surface area (Å²) in [5.41, 5.74) is 12.1. The molecule has 0 spiro atoms. The van der Waals surface area contributed by atoms with Crippen LogP contribution in [0.5, 0.6) is 5.75 Å². The van der Waals surface area contributed by atoms with E-state index in [9.17, 15) is 0 Å². The van der Waals surface area contributed by atoms with Gasteiger partial charge in [-0.3, -0.25) is 0 Å².